The smallest absolute Gasteiger partial charge is 0.407 e. The third-order valence-corrected chi connectivity index (χ3v) is 6.21. The number of nitrogens with one attached hydrogen (secondary N) is 3. The summed E-state index contributed by atoms with van der Waals surface area (Å²) in [5.41, 5.74) is 3.60. The molecule has 10 heteroatoms. The minimum Gasteiger partial charge on any atom is -0.444 e. The topological polar surface area (TPSA) is 129 Å². The molecule has 43 heavy (non-hydrogen) atoms. The molecule has 220 valence electrons. The first-order valence-corrected chi connectivity index (χ1v) is 13.8. The average Bonchev–Trinajstić information content (AvgIpc) is 2.98. The molecule has 2 aromatic carbocycles. The molecule has 0 fully saturated rings. The normalized spacial score (nSPS) is 10.9. The second-order valence-corrected chi connectivity index (χ2v) is 10.8. The van der Waals surface area contributed by atoms with Crippen molar-refractivity contribution < 1.29 is 18.7 Å². The lowest BCUT2D eigenvalue weighted by Gasteiger charge is -2.19. The highest BCUT2D eigenvalue weighted by molar-refractivity contribution is 5.99. The fourth-order valence-electron chi connectivity index (χ4n) is 4.17. The number of hydrogen-bond donors (Lipinski definition) is 3. The number of anilines is 1. The molecule has 0 bridgehead atoms. The third kappa shape index (κ3) is 9.10. The monoisotopic (exact) mass is 580 g/mol. The number of hydrogen-bond acceptors (Lipinski definition) is 7. The second kappa shape index (κ2) is 14.0. The number of nitrogens with zero attached hydrogens (tertiary/aromatic N) is 3. The van der Waals surface area contributed by atoms with Crippen LogP contribution in [0, 0.1) is 17.1 Å². The van der Waals surface area contributed by atoms with Crippen molar-refractivity contribution in [3.63, 3.8) is 0 Å². The number of rotatable bonds is 10. The van der Waals surface area contributed by atoms with Crippen LogP contribution in [0.3, 0.4) is 0 Å². The molecular formula is C33H33FN6O3. The number of ether oxygens (including phenoxy) is 1. The molecule has 4 aromatic rings. The van der Waals surface area contributed by atoms with E-state index in [4.69, 9.17) is 4.74 Å². The van der Waals surface area contributed by atoms with E-state index in [1.165, 1.54) is 12.1 Å². The number of halogens is 1. The Morgan fingerprint density at radius 2 is 1.77 bits per heavy atom. The minimum absolute atomic E-state index is 0.167. The summed E-state index contributed by atoms with van der Waals surface area (Å²) in [7, 11) is 0. The van der Waals surface area contributed by atoms with Gasteiger partial charge in [-0.2, -0.15) is 5.26 Å². The first kappa shape index (κ1) is 30.7. The van der Waals surface area contributed by atoms with Gasteiger partial charge >= 0.3 is 6.09 Å². The molecule has 3 N–H and O–H groups in total. The van der Waals surface area contributed by atoms with E-state index in [9.17, 15) is 19.2 Å². The van der Waals surface area contributed by atoms with Gasteiger partial charge in [-0.05, 0) is 74.7 Å². The van der Waals surface area contributed by atoms with Crippen LogP contribution in [-0.4, -0.2) is 34.1 Å². The molecular weight excluding hydrogens is 547 g/mol. The van der Waals surface area contributed by atoms with Gasteiger partial charge in [0.1, 0.15) is 17.2 Å². The van der Waals surface area contributed by atoms with Crippen molar-refractivity contribution in [2.45, 2.75) is 45.9 Å². The van der Waals surface area contributed by atoms with E-state index in [0.717, 1.165) is 11.1 Å². The Kier molecular flexibility index (Phi) is 10.0. The van der Waals surface area contributed by atoms with Crippen molar-refractivity contribution in [3.05, 3.63) is 113 Å². The molecule has 0 atom stereocenters. The van der Waals surface area contributed by atoms with Gasteiger partial charge in [-0.3, -0.25) is 9.78 Å². The van der Waals surface area contributed by atoms with Crippen molar-refractivity contribution in [2.75, 3.05) is 11.9 Å². The quantitative estimate of drug-likeness (QED) is 0.217. The molecule has 2 heterocycles. The Morgan fingerprint density at radius 1 is 0.953 bits per heavy atom. The van der Waals surface area contributed by atoms with Gasteiger partial charge in [0.2, 0.25) is 0 Å². The second-order valence-electron chi connectivity index (χ2n) is 10.8. The van der Waals surface area contributed by atoms with Gasteiger partial charge in [-0.1, -0.05) is 36.4 Å². The van der Waals surface area contributed by atoms with Crippen LogP contribution in [0.25, 0.3) is 11.3 Å². The maximum absolute atomic E-state index is 13.6. The number of nitriles is 1. The number of carbonyl (C=O) groups is 2. The maximum atomic E-state index is 13.6. The molecule has 0 aliphatic heterocycles. The lowest BCUT2D eigenvalue weighted by Crippen LogP contribution is -2.32. The lowest BCUT2D eigenvalue weighted by atomic mass is 10.0. The van der Waals surface area contributed by atoms with Crippen LogP contribution >= 0.6 is 0 Å². The van der Waals surface area contributed by atoms with Gasteiger partial charge in [0, 0.05) is 24.8 Å². The first-order chi connectivity index (χ1) is 20.6. The van der Waals surface area contributed by atoms with Crippen LogP contribution in [0.15, 0.2) is 79.0 Å². The van der Waals surface area contributed by atoms with E-state index in [0.29, 0.717) is 46.9 Å². The molecule has 2 aromatic heterocycles. The summed E-state index contributed by atoms with van der Waals surface area (Å²) in [6.45, 7) is 6.21. The number of pyridine rings is 2. The van der Waals surface area contributed by atoms with E-state index in [1.807, 2.05) is 18.2 Å². The predicted octanol–water partition coefficient (Wildman–Crippen LogP) is 5.76. The highest BCUT2D eigenvalue weighted by Crippen LogP contribution is 2.25. The van der Waals surface area contributed by atoms with E-state index < -0.39 is 11.7 Å². The zero-order valence-electron chi connectivity index (χ0n) is 24.3. The predicted molar refractivity (Wildman–Crippen MR) is 161 cm³/mol. The van der Waals surface area contributed by atoms with Gasteiger partial charge in [-0.15, -0.1) is 0 Å². The van der Waals surface area contributed by atoms with Crippen molar-refractivity contribution in [3.8, 4) is 17.3 Å². The van der Waals surface area contributed by atoms with Crippen LogP contribution in [-0.2, 0) is 24.2 Å². The van der Waals surface area contributed by atoms with Crippen LogP contribution in [0.5, 0.6) is 0 Å². The zero-order chi connectivity index (χ0) is 30.8. The Morgan fingerprint density at radius 3 is 2.49 bits per heavy atom. The van der Waals surface area contributed by atoms with Crippen LogP contribution in [0.2, 0.25) is 0 Å². The average molecular weight is 581 g/mol. The summed E-state index contributed by atoms with van der Waals surface area (Å²) >= 11 is 0. The zero-order valence-corrected chi connectivity index (χ0v) is 24.3. The van der Waals surface area contributed by atoms with Crippen molar-refractivity contribution in [1.82, 2.24) is 20.6 Å². The van der Waals surface area contributed by atoms with Crippen molar-refractivity contribution >= 4 is 17.8 Å². The lowest BCUT2D eigenvalue weighted by molar-refractivity contribution is 0.0523. The SMILES string of the molecule is CC(C)(C)OC(=O)NCc1ccc(CNC(=O)c2ccc(-c3ccccc3C#N)nc2NCCc2cccc(F)c2)nc1. The van der Waals surface area contributed by atoms with Crippen LogP contribution in [0.4, 0.5) is 15.0 Å². The largest absolute Gasteiger partial charge is 0.444 e. The molecule has 0 aliphatic rings. The molecule has 0 radical (unpaired) electrons. The fraction of sp³-hybridized carbons (Fsp3) is 0.242. The molecule has 4 rings (SSSR count). The molecule has 9 nitrogen and oxygen atoms in total. The summed E-state index contributed by atoms with van der Waals surface area (Å²) < 4.78 is 18.9. The molecule has 2 amide bonds. The summed E-state index contributed by atoms with van der Waals surface area (Å²) in [5.74, 6) is -0.333. The summed E-state index contributed by atoms with van der Waals surface area (Å²) in [4.78, 5) is 34.2. The van der Waals surface area contributed by atoms with Gasteiger partial charge in [0.05, 0.1) is 35.1 Å². The number of amides is 2. The Labute approximate surface area is 250 Å². The fourth-order valence-corrected chi connectivity index (χ4v) is 4.17. The number of aromatic nitrogens is 2. The summed E-state index contributed by atoms with van der Waals surface area (Å²) in [6, 6.07) is 22.6. The van der Waals surface area contributed by atoms with E-state index >= 15 is 0 Å². The molecule has 0 saturated heterocycles. The number of carbonyl (C=O) groups excluding carboxylic acids is 2. The van der Waals surface area contributed by atoms with Crippen LogP contribution < -0.4 is 16.0 Å². The Hall–Kier alpha value is -5.30. The Balaban J connectivity index is 1.44. The van der Waals surface area contributed by atoms with Gasteiger partial charge in [-0.25, -0.2) is 14.2 Å². The number of benzene rings is 2. The Bertz CT molecular complexity index is 1630. The highest BCUT2D eigenvalue weighted by atomic mass is 19.1. The van der Waals surface area contributed by atoms with Gasteiger partial charge < -0.3 is 20.7 Å². The molecule has 0 unspecified atom stereocenters. The molecule has 0 aliphatic carbocycles. The van der Waals surface area contributed by atoms with E-state index in [1.54, 1.807) is 69.4 Å². The molecule has 0 saturated carbocycles. The van der Waals surface area contributed by atoms with Gasteiger partial charge in [0.25, 0.3) is 5.91 Å². The first-order valence-electron chi connectivity index (χ1n) is 13.8. The third-order valence-electron chi connectivity index (χ3n) is 6.21. The minimum atomic E-state index is -0.585. The standard InChI is InChI=1S/C33H33FN6O3/c1-33(2,3)43-32(42)39-20-23-11-12-26(37-19-23)21-38-31(41)28-13-14-29(27-10-5-4-8-24(27)18-35)40-30(28)36-16-15-22-7-6-9-25(34)17-22/h4-14,17,19H,15-16,20-21H2,1-3H3,(H,36,40)(H,38,41)(H,39,42). The number of alkyl carbamates (subject to hydrolysis) is 1. The summed E-state index contributed by atoms with van der Waals surface area (Å²) in [6.07, 6.45) is 1.62. The van der Waals surface area contributed by atoms with Gasteiger partial charge in [0.15, 0.2) is 0 Å². The van der Waals surface area contributed by atoms with E-state index in [2.05, 4.69) is 32.0 Å². The molecule has 0 spiro atoms. The van der Waals surface area contributed by atoms with Crippen molar-refractivity contribution in [2.24, 2.45) is 0 Å². The van der Waals surface area contributed by atoms with Crippen molar-refractivity contribution in [1.29, 1.82) is 5.26 Å². The van der Waals surface area contributed by atoms with Crippen LogP contribution in [0.1, 0.15) is 53.5 Å². The highest BCUT2D eigenvalue weighted by Gasteiger charge is 2.17. The summed E-state index contributed by atoms with van der Waals surface area (Å²) in [5, 5.41) is 18.3. The maximum Gasteiger partial charge on any atom is 0.407 e. The van der Waals surface area contributed by atoms with E-state index in [-0.39, 0.29) is 24.8 Å².